The molecule has 1 saturated carbocycles. The molecular formula is C22H32FNO3. The van der Waals surface area contributed by atoms with Crippen LogP contribution in [0.4, 0.5) is 4.39 Å². The number of halogens is 1. The van der Waals surface area contributed by atoms with Crippen LogP contribution in [0.1, 0.15) is 63.0 Å². The van der Waals surface area contributed by atoms with Crippen molar-refractivity contribution in [3.05, 3.63) is 35.1 Å². The maximum absolute atomic E-state index is 13.6. The third kappa shape index (κ3) is 4.19. The predicted octanol–water partition coefficient (Wildman–Crippen LogP) is 3.82. The Kier molecular flexibility index (Phi) is 5.64. The zero-order valence-electron chi connectivity index (χ0n) is 16.7. The molecule has 0 saturated heterocycles. The molecule has 2 atom stereocenters. The van der Waals surface area contributed by atoms with Gasteiger partial charge in [0.2, 0.25) is 0 Å². The molecule has 2 aliphatic carbocycles. The molecule has 1 aromatic carbocycles. The van der Waals surface area contributed by atoms with Crippen LogP contribution in [0.2, 0.25) is 0 Å². The van der Waals surface area contributed by atoms with Crippen LogP contribution in [0.5, 0.6) is 0 Å². The highest BCUT2D eigenvalue weighted by Crippen LogP contribution is 2.49. The molecule has 0 aliphatic heterocycles. The van der Waals surface area contributed by atoms with Gasteiger partial charge in [0, 0.05) is 12.5 Å². The molecule has 0 bridgehead atoms. The first kappa shape index (κ1) is 20.3. The molecule has 4 nitrogen and oxygen atoms in total. The summed E-state index contributed by atoms with van der Waals surface area (Å²) in [6, 6.07) is 4.94. The highest BCUT2D eigenvalue weighted by atomic mass is 19.1. The summed E-state index contributed by atoms with van der Waals surface area (Å²) in [5.41, 5.74) is 0.783. The summed E-state index contributed by atoms with van der Waals surface area (Å²) < 4.78 is 13.6. The van der Waals surface area contributed by atoms with E-state index in [4.69, 9.17) is 0 Å². The van der Waals surface area contributed by atoms with Crippen LogP contribution in [0.15, 0.2) is 18.2 Å². The van der Waals surface area contributed by atoms with Crippen LogP contribution >= 0.6 is 0 Å². The van der Waals surface area contributed by atoms with Gasteiger partial charge in [-0.3, -0.25) is 4.79 Å². The number of hydrogen-bond donors (Lipinski definition) is 2. The van der Waals surface area contributed by atoms with E-state index in [0.717, 1.165) is 37.1 Å². The summed E-state index contributed by atoms with van der Waals surface area (Å²) in [5, 5.41) is 20.8. The van der Waals surface area contributed by atoms with Gasteiger partial charge < -0.3 is 15.1 Å². The SMILES string of the molecule is CC(C)C1c2ccc(F)cc2CCC1(O)CCN(C)CCC1(C(=O)O)CC1. The molecule has 0 amide bonds. The van der Waals surface area contributed by atoms with Gasteiger partial charge in [0.15, 0.2) is 0 Å². The van der Waals surface area contributed by atoms with Gasteiger partial charge in [-0.25, -0.2) is 4.39 Å². The van der Waals surface area contributed by atoms with Crippen LogP contribution in [0.25, 0.3) is 0 Å². The van der Waals surface area contributed by atoms with Crippen LogP contribution in [0.3, 0.4) is 0 Å². The molecule has 150 valence electrons. The monoisotopic (exact) mass is 377 g/mol. The Morgan fingerprint density at radius 1 is 1.26 bits per heavy atom. The van der Waals surface area contributed by atoms with Gasteiger partial charge in [-0.1, -0.05) is 19.9 Å². The average molecular weight is 378 g/mol. The van der Waals surface area contributed by atoms with Crippen LogP contribution < -0.4 is 0 Å². The normalized spacial score (nSPS) is 26.3. The predicted molar refractivity (Wildman–Crippen MR) is 103 cm³/mol. The Labute approximate surface area is 161 Å². The van der Waals surface area contributed by atoms with Gasteiger partial charge in [0.1, 0.15) is 5.82 Å². The summed E-state index contributed by atoms with van der Waals surface area (Å²) in [5.74, 6) is -0.644. The number of carbonyl (C=O) groups is 1. The fourth-order valence-corrected chi connectivity index (χ4v) is 4.77. The van der Waals surface area contributed by atoms with Crippen molar-refractivity contribution in [2.45, 2.75) is 63.9 Å². The van der Waals surface area contributed by atoms with E-state index in [2.05, 4.69) is 18.7 Å². The van der Waals surface area contributed by atoms with E-state index in [9.17, 15) is 19.4 Å². The third-order valence-corrected chi connectivity index (χ3v) is 6.72. The fraction of sp³-hybridized carbons (Fsp3) is 0.682. The van der Waals surface area contributed by atoms with Crippen molar-refractivity contribution >= 4 is 5.97 Å². The molecule has 1 aromatic rings. The maximum Gasteiger partial charge on any atom is 0.309 e. The smallest absolute Gasteiger partial charge is 0.309 e. The van der Waals surface area contributed by atoms with E-state index in [0.29, 0.717) is 25.7 Å². The lowest BCUT2D eigenvalue weighted by Gasteiger charge is -2.44. The summed E-state index contributed by atoms with van der Waals surface area (Å²) in [4.78, 5) is 13.5. The minimum Gasteiger partial charge on any atom is -0.481 e. The highest BCUT2D eigenvalue weighted by Gasteiger charge is 2.49. The quantitative estimate of drug-likeness (QED) is 0.723. The van der Waals surface area contributed by atoms with Gasteiger partial charge in [-0.15, -0.1) is 0 Å². The minimum atomic E-state index is -0.808. The van der Waals surface area contributed by atoms with Crippen molar-refractivity contribution in [1.29, 1.82) is 0 Å². The molecule has 0 heterocycles. The summed E-state index contributed by atoms with van der Waals surface area (Å²) >= 11 is 0. The lowest BCUT2D eigenvalue weighted by Crippen LogP contribution is -2.45. The number of carboxylic acid groups (broad SMARTS) is 1. The Morgan fingerprint density at radius 2 is 1.93 bits per heavy atom. The second kappa shape index (κ2) is 7.51. The first-order chi connectivity index (χ1) is 12.7. The number of aliphatic hydroxyl groups is 1. The van der Waals surface area contributed by atoms with E-state index >= 15 is 0 Å². The molecule has 0 aromatic heterocycles. The Morgan fingerprint density at radius 3 is 2.52 bits per heavy atom. The molecule has 3 rings (SSSR count). The molecule has 2 unspecified atom stereocenters. The third-order valence-electron chi connectivity index (χ3n) is 6.72. The van der Waals surface area contributed by atoms with E-state index in [1.54, 1.807) is 6.07 Å². The maximum atomic E-state index is 13.6. The largest absolute Gasteiger partial charge is 0.481 e. The average Bonchev–Trinajstić information content (AvgIpc) is 3.39. The first-order valence-corrected chi connectivity index (χ1v) is 10.1. The van der Waals surface area contributed by atoms with Crippen molar-refractivity contribution in [1.82, 2.24) is 4.90 Å². The lowest BCUT2D eigenvalue weighted by molar-refractivity contribution is -0.143. The molecule has 5 heteroatoms. The fourth-order valence-electron chi connectivity index (χ4n) is 4.77. The van der Waals surface area contributed by atoms with E-state index < -0.39 is 17.0 Å². The van der Waals surface area contributed by atoms with Crippen LogP contribution in [0, 0.1) is 17.2 Å². The summed E-state index contributed by atoms with van der Waals surface area (Å²) in [6.45, 7) is 5.69. The van der Waals surface area contributed by atoms with Crippen molar-refractivity contribution in [3.8, 4) is 0 Å². The van der Waals surface area contributed by atoms with Crippen molar-refractivity contribution in [3.63, 3.8) is 0 Å². The summed E-state index contributed by atoms with van der Waals surface area (Å²) in [7, 11) is 2.00. The zero-order chi connectivity index (χ0) is 19.8. The van der Waals surface area contributed by atoms with Crippen molar-refractivity contribution < 1.29 is 19.4 Å². The van der Waals surface area contributed by atoms with Crippen molar-refractivity contribution in [2.24, 2.45) is 11.3 Å². The van der Waals surface area contributed by atoms with Gasteiger partial charge in [-0.2, -0.15) is 0 Å². The topological polar surface area (TPSA) is 60.8 Å². The number of nitrogens with zero attached hydrogens (tertiary/aromatic N) is 1. The molecular weight excluding hydrogens is 345 g/mol. The van der Waals surface area contributed by atoms with Crippen molar-refractivity contribution in [2.75, 3.05) is 20.1 Å². The van der Waals surface area contributed by atoms with E-state index in [1.807, 2.05) is 13.1 Å². The van der Waals surface area contributed by atoms with Gasteiger partial charge >= 0.3 is 5.97 Å². The van der Waals surface area contributed by atoms with Gasteiger partial charge in [-0.05, 0) is 81.3 Å². The molecule has 2 N–H and O–H groups in total. The summed E-state index contributed by atoms with van der Waals surface area (Å²) in [6.07, 6.45) is 4.21. The number of benzene rings is 1. The number of rotatable bonds is 8. The minimum absolute atomic E-state index is 0.0101. The van der Waals surface area contributed by atoms with Gasteiger partial charge in [0.05, 0.1) is 11.0 Å². The number of aliphatic carboxylic acids is 1. The first-order valence-electron chi connectivity index (χ1n) is 10.1. The van der Waals surface area contributed by atoms with E-state index in [1.165, 1.54) is 6.07 Å². The molecule has 0 spiro atoms. The molecule has 2 aliphatic rings. The van der Waals surface area contributed by atoms with E-state index in [-0.39, 0.29) is 17.7 Å². The second-order valence-corrected chi connectivity index (χ2v) is 9.06. The Balaban J connectivity index is 1.64. The molecule has 0 radical (unpaired) electrons. The Bertz CT molecular complexity index is 701. The Hall–Kier alpha value is -1.46. The number of fused-ring (bicyclic) bond motifs is 1. The zero-order valence-corrected chi connectivity index (χ0v) is 16.7. The second-order valence-electron chi connectivity index (χ2n) is 9.06. The lowest BCUT2D eigenvalue weighted by atomic mass is 9.66. The number of hydrogen-bond acceptors (Lipinski definition) is 3. The number of aryl methyl sites for hydroxylation is 1. The molecule has 27 heavy (non-hydrogen) atoms. The standard InChI is InChI=1S/C22H32FNO3/c1-15(2)19-18-5-4-17(23)14-16(18)6-7-22(19,27)11-13-24(3)12-10-21(8-9-21)20(25)26/h4-5,14-15,19,27H,6-13H2,1-3H3,(H,25,26). The van der Waals surface area contributed by atoms with Crippen LogP contribution in [-0.2, 0) is 11.2 Å². The van der Waals surface area contributed by atoms with Crippen LogP contribution in [-0.4, -0.2) is 46.8 Å². The highest BCUT2D eigenvalue weighted by molar-refractivity contribution is 5.77. The molecule has 1 fully saturated rings. The van der Waals surface area contributed by atoms with Gasteiger partial charge in [0.25, 0.3) is 0 Å². The number of carboxylic acids is 1.